The lowest BCUT2D eigenvalue weighted by atomic mass is 10.2. The molecule has 0 atom stereocenters. The Morgan fingerprint density at radius 3 is 2.50 bits per heavy atom. The molecule has 4 nitrogen and oxygen atoms in total. The molecule has 20 heavy (non-hydrogen) atoms. The van der Waals surface area contributed by atoms with Crippen molar-refractivity contribution in [1.82, 2.24) is 0 Å². The first-order chi connectivity index (χ1) is 9.44. The van der Waals surface area contributed by atoms with Crippen molar-refractivity contribution in [3.63, 3.8) is 0 Å². The molecule has 2 aromatic carbocycles. The van der Waals surface area contributed by atoms with Crippen molar-refractivity contribution in [3.8, 4) is 6.07 Å². The quantitative estimate of drug-likeness (QED) is 0.946. The van der Waals surface area contributed by atoms with Crippen LogP contribution in [0.4, 0.5) is 10.1 Å². The van der Waals surface area contributed by atoms with Crippen LogP contribution in [0.5, 0.6) is 0 Å². The third-order valence-electron chi connectivity index (χ3n) is 2.47. The van der Waals surface area contributed by atoms with Crippen molar-refractivity contribution >= 4 is 27.3 Å². The second-order valence-electron chi connectivity index (χ2n) is 3.84. The summed E-state index contributed by atoms with van der Waals surface area (Å²) in [5, 5.41) is 8.66. The molecule has 0 saturated heterocycles. The fraction of sp³-hybridized carbons (Fsp3) is 0. The van der Waals surface area contributed by atoms with E-state index in [2.05, 4.69) is 4.72 Å². The van der Waals surface area contributed by atoms with E-state index < -0.39 is 15.8 Å². The van der Waals surface area contributed by atoms with Gasteiger partial charge in [-0.25, -0.2) is 12.8 Å². The monoisotopic (exact) mass is 310 g/mol. The van der Waals surface area contributed by atoms with Gasteiger partial charge < -0.3 is 0 Å². The molecule has 0 aromatic heterocycles. The summed E-state index contributed by atoms with van der Waals surface area (Å²) < 4.78 is 40.0. The average Bonchev–Trinajstić information content (AvgIpc) is 2.41. The predicted molar refractivity (Wildman–Crippen MR) is 73.4 cm³/mol. The standard InChI is InChI=1S/C13H8ClFN2O2S/c14-10-3-1-2-4-13(10)20(18,19)17-12-6-5-9(8-16)7-11(12)15/h1-7,17H. The highest BCUT2D eigenvalue weighted by Crippen LogP contribution is 2.24. The third kappa shape index (κ3) is 2.90. The number of halogens is 2. The predicted octanol–water partition coefficient (Wildman–Crippen LogP) is 3.15. The molecule has 0 amide bonds. The van der Waals surface area contributed by atoms with Crippen LogP contribution in [-0.4, -0.2) is 8.42 Å². The summed E-state index contributed by atoms with van der Waals surface area (Å²) >= 11 is 5.81. The fourth-order valence-electron chi connectivity index (χ4n) is 1.53. The molecule has 0 fully saturated rings. The van der Waals surface area contributed by atoms with Crippen LogP contribution in [0.25, 0.3) is 0 Å². The van der Waals surface area contributed by atoms with Crippen LogP contribution >= 0.6 is 11.6 Å². The highest BCUT2D eigenvalue weighted by atomic mass is 35.5. The van der Waals surface area contributed by atoms with E-state index in [1.54, 1.807) is 12.1 Å². The lowest BCUT2D eigenvalue weighted by Gasteiger charge is -2.10. The van der Waals surface area contributed by atoms with Crippen LogP contribution in [0.1, 0.15) is 5.56 Å². The van der Waals surface area contributed by atoms with E-state index in [4.69, 9.17) is 16.9 Å². The van der Waals surface area contributed by atoms with Gasteiger partial charge in [0.05, 0.1) is 22.3 Å². The molecule has 0 aliphatic carbocycles. The van der Waals surface area contributed by atoms with E-state index in [0.717, 1.165) is 6.07 Å². The molecule has 0 aliphatic rings. The number of nitrogens with zero attached hydrogens (tertiary/aromatic N) is 1. The van der Waals surface area contributed by atoms with Crippen molar-refractivity contribution in [2.75, 3.05) is 4.72 Å². The Bertz CT molecular complexity index is 800. The van der Waals surface area contributed by atoms with Gasteiger partial charge in [-0.15, -0.1) is 0 Å². The number of nitrogens with one attached hydrogen (secondary N) is 1. The van der Waals surface area contributed by atoms with E-state index in [0.29, 0.717) is 0 Å². The number of nitriles is 1. The van der Waals surface area contributed by atoms with Gasteiger partial charge in [0.1, 0.15) is 10.7 Å². The molecule has 1 N–H and O–H groups in total. The molecule has 2 aromatic rings. The van der Waals surface area contributed by atoms with Crippen LogP contribution < -0.4 is 4.72 Å². The van der Waals surface area contributed by atoms with E-state index in [-0.39, 0.29) is 21.2 Å². The third-order valence-corrected chi connectivity index (χ3v) is 4.33. The van der Waals surface area contributed by atoms with E-state index in [1.807, 2.05) is 0 Å². The molecule has 102 valence electrons. The molecule has 0 heterocycles. The van der Waals surface area contributed by atoms with Gasteiger partial charge in [-0.3, -0.25) is 4.72 Å². The molecule has 0 spiro atoms. The minimum Gasteiger partial charge on any atom is -0.277 e. The summed E-state index contributed by atoms with van der Waals surface area (Å²) in [6.07, 6.45) is 0. The van der Waals surface area contributed by atoms with Gasteiger partial charge in [0.25, 0.3) is 10.0 Å². The maximum absolute atomic E-state index is 13.7. The minimum absolute atomic E-state index is 0.0362. The lowest BCUT2D eigenvalue weighted by Crippen LogP contribution is -2.14. The fourth-order valence-corrected chi connectivity index (χ4v) is 3.12. The molecule has 7 heteroatoms. The molecular formula is C13H8ClFN2O2S. The summed E-state index contributed by atoms with van der Waals surface area (Å²) in [6, 6.07) is 11.0. The van der Waals surface area contributed by atoms with Crippen LogP contribution in [0.2, 0.25) is 5.02 Å². The first-order valence-corrected chi connectivity index (χ1v) is 7.27. The molecule has 0 radical (unpaired) electrons. The van der Waals surface area contributed by atoms with Crippen LogP contribution in [0, 0.1) is 17.1 Å². The normalized spacial score (nSPS) is 10.8. The van der Waals surface area contributed by atoms with Gasteiger partial charge in [-0.2, -0.15) is 5.26 Å². The zero-order valence-electron chi connectivity index (χ0n) is 9.97. The van der Waals surface area contributed by atoms with Gasteiger partial charge in [-0.1, -0.05) is 23.7 Å². The Morgan fingerprint density at radius 1 is 1.20 bits per heavy atom. The van der Waals surface area contributed by atoms with Crippen molar-refractivity contribution in [2.24, 2.45) is 0 Å². The molecule has 0 unspecified atom stereocenters. The van der Waals surface area contributed by atoms with Gasteiger partial charge >= 0.3 is 0 Å². The van der Waals surface area contributed by atoms with Gasteiger partial charge in [0.15, 0.2) is 0 Å². The van der Waals surface area contributed by atoms with Gasteiger partial charge in [0, 0.05) is 0 Å². The molecular weight excluding hydrogens is 303 g/mol. The van der Waals surface area contributed by atoms with Gasteiger partial charge in [-0.05, 0) is 30.3 Å². The minimum atomic E-state index is -3.99. The van der Waals surface area contributed by atoms with Crippen molar-refractivity contribution in [1.29, 1.82) is 5.26 Å². The Balaban J connectivity index is 2.40. The molecule has 0 saturated carbocycles. The molecule has 2 rings (SSSR count). The first-order valence-electron chi connectivity index (χ1n) is 5.41. The Morgan fingerprint density at radius 2 is 1.90 bits per heavy atom. The highest BCUT2D eigenvalue weighted by molar-refractivity contribution is 7.92. The summed E-state index contributed by atoms with van der Waals surface area (Å²) in [6.45, 7) is 0. The van der Waals surface area contributed by atoms with Crippen LogP contribution in [0.3, 0.4) is 0 Å². The summed E-state index contributed by atoms with van der Waals surface area (Å²) in [4.78, 5) is -0.148. The number of hydrogen-bond donors (Lipinski definition) is 1. The zero-order valence-corrected chi connectivity index (χ0v) is 11.5. The average molecular weight is 311 g/mol. The summed E-state index contributed by atoms with van der Waals surface area (Å²) in [7, 11) is -3.99. The molecule has 0 bridgehead atoms. The van der Waals surface area contributed by atoms with Crippen molar-refractivity contribution in [3.05, 3.63) is 58.9 Å². The topological polar surface area (TPSA) is 70.0 Å². The Labute approximate surface area is 120 Å². The SMILES string of the molecule is N#Cc1ccc(NS(=O)(=O)c2ccccc2Cl)c(F)c1. The summed E-state index contributed by atoms with van der Waals surface area (Å²) in [5.41, 5.74) is -0.146. The molecule has 0 aliphatic heterocycles. The van der Waals surface area contributed by atoms with Crippen LogP contribution in [-0.2, 0) is 10.0 Å². The Hall–Kier alpha value is -2.10. The number of sulfonamides is 1. The first kappa shape index (κ1) is 14.3. The second-order valence-corrected chi connectivity index (χ2v) is 5.90. The number of rotatable bonds is 3. The smallest absolute Gasteiger partial charge is 0.263 e. The van der Waals surface area contributed by atoms with Crippen molar-refractivity contribution in [2.45, 2.75) is 4.90 Å². The van der Waals surface area contributed by atoms with E-state index in [9.17, 15) is 12.8 Å². The number of benzene rings is 2. The van der Waals surface area contributed by atoms with E-state index in [1.165, 1.54) is 30.3 Å². The van der Waals surface area contributed by atoms with Crippen molar-refractivity contribution < 1.29 is 12.8 Å². The number of anilines is 1. The lowest BCUT2D eigenvalue weighted by molar-refractivity contribution is 0.598. The zero-order chi connectivity index (χ0) is 14.8. The van der Waals surface area contributed by atoms with Crippen LogP contribution in [0.15, 0.2) is 47.4 Å². The second kappa shape index (κ2) is 5.49. The largest absolute Gasteiger partial charge is 0.277 e. The Kier molecular flexibility index (Phi) is 3.93. The summed E-state index contributed by atoms with van der Waals surface area (Å²) in [5.74, 6) is -0.834. The maximum atomic E-state index is 13.7. The van der Waals surface area contributed by atoms with E-state index >= 15 is 0 Å². The highest BCUT2D eigenvalue weighted by Gasteiger charge is 2.19. The van der Waals surface area contributed by atoms with Gasteiger partial charge in [0.2, 0.25) is 0 Å². The number of hydrogen-bond acceptors (Lipinski definition) is 3. The maximum Gasteiger partial charge on any atom is 0.263 e.